The van der Waals surface area contributed by atoms with Crippen molar-refractivity contribution in [2.75, 3.05) is 5.73 Å². The lowest BCUT2D eigenvalue weighted by atomic mass is 9.99. The van der Waals surface area contributed by atoms with Crippen LogP contribution in [0.3, 0.4) is 0 Å². The van der Waals surface area contributed by atoms with E-state index in [0.717, 1.165) is 5.56 Å². The molecule has 13 nitrogen and oxygen atoms in total. The summed E-state index contributed by atoms with van der Waals surface area (Å²) in [5.74, 6) is 1.06. The second kappa shape index (κ2) is 8.61. The van der Waals surface area contributed by atoms with Crippen LogP contribution in [0.4, 0.5) is 5.95 Å². The Morgan fingerprint density at radius 2 is 1.81 bits per heavy atom. The summed E-state index contributed by atoms with van der Waals surface area (Å²) in [5.41, 5.74) is 10.2. The number of anilines is 1. The number of hydrogen-bond acceptors (Lipinski definition) is 11. The van der Waals surface area contributed by atoms with Crippen molar-refractivity contribution in [3.63, 3.8) is 0 Å². The van der Waals surface area contributed by atoms with Crippen LogP contribution >= 0.6 is 0 Å². The summed E-state index contributed by atoms with van der Waals surface area (Å²) in [7, 11) is 0. The van der Waals surface area contributed by atoms with Gasteiger partial charge in [0.1, 0.15) is 12.9 Å². The maximum Gasteiger partial charge on any atom is 0.223 e. The highest BCUT2D eigenvalue weighted by molar-refractivity contribution is 5.90. The fourth-order valence-electron chi connectivity index (χ4n) is 3.88. The van der Waals surface area contributed by atoms with Gasteiger partial charge in [-0.05, 0) is 34.7 Å². The first-order valence-electron chi connectivity index (χ1n) is 10.7. The molecule has 2 N–H and O–H groups in total. The molecule has 0 radical (unpaired) electrons. The van der Waals surface area contributed by atoms with Crippen LogP contribution in [-0.4, -0.2) is 54.7 Å². The zero-order valence-electron chi connectivity index (χ0n) is 18.5. The van der Waals surface area contributed by atoms with Crippen LogP contribution < -0.4 is 5.73 Å². The van der Waals surface area contributed by atoms with Crippen LogP contribution in [0.15, 0.2) is 67.4 Å². The third-order valence-corrected chi connectivity index (χ3v) is 5.46. The van der Waals surface area contributed by atoms with Crippen molar-refractivity contribution in [3.05, 3.63) is 78.8 Å². The van der Waals surface area contributed by atoms with Gasteiger partial charge in [-0.25, -0.2) is 24.6 Å². The van der Waals surface area contributed by atoms with Gasteiger partial charge < -0.3 is 5.73 Å². The van der Waals surface area contributed by atoms with Crippen molar-refractivity contribution in [1.82, 2.24) is 54.7 Å². The standard InChI is InChI=1S/C23H15N13/c24-11-15-3-1-2-4-16(15)20-19(17-7-10-27-13-28-17)22-29-18(32-36(22)23(25)30-20)12-35-21(31-33-34-35)14-5-8-26-9-6-14/h1-10,13H,12H2,(H2,25,30). The van der Waals surface area contributed by atoms with Gasteiger partial charge in [-0.1, -0.05) is 18.2 Å². The third kappa shape index (κ3) is 3.55. The monoisotopic (exact) mass is 473 g/mol. The molecule has 6 aromatic rings. The van der Waals surface area contributed by atoms with E-state index in [1.165, 1.54) is 10.8 Å². The SMILES string of the molecule is N#Cc1ccccc1-c1nc(N)n2nc(Cn3nnnc3-c3ccncc3)nc2c1-c1ccncn1. The molecule has 0 fully saturated rings. The first kappa shape index (κ1) is 20.9. The van der Waals surface area contributed by atoms with E-state index >= 15 is 0 Å². The maximum absolute atomic E-state index is 9.70. The van der Waals surface area contributed by atoms with E-state index in [2.05, 4.69) is 46.6 Å². The molecule has 5 heterocycles. The van der Waals surface area contributed by atoms with E-state index in [9.17, 15) is 5.26 Å². The first-order chi connectivity index (χ1) is 17.7. The number of aromatic nitrogens is 11. The molecule has 0 bridgehead atoms. The van der Waals surface area contributed by atoms with Crippen LogP contribution in [0, 0.1) is 11.3 Å². The number of rotatable bonds is 5. The van der Waals surface area contributed by atoms with Gasteiger partial charge in [-0.3, -0.25) is 4.98 Å². The molecule has 0 aliphatic heterocycles. The number of benzene rings is 1. The molecule has 0 amide bonds. The summed E-state index contributed by atoms with van der Waals surface area (Å²) in [5, 5.41) is 26.3. The molecular formula is C23H15N13. The van der Waals surface area contributed by atoms with Gasteiger partial charge in [-0.15, -0.1) is 10.2 Å². The molecule has 6 rings (SSSR count). The van der Waals surface area contributed by atoms with Crippen molar-refractivity contribution in [2.45, 2.75) is 6.54 Å². The maximum atomic E-state index is 9.70. The molecule has 36 heavy (non-hydrogen) atoms. The van der Waals surface area contributed by atoms with Crippen LogP contribution in [0.25, 0.3) is 39.5 Å². The number of hydrogen-bond donors (Lipinski definition) is 1. The van der Waals surface area contributed by atoms with Gasteiger partial charge >= 0.3 is 0 Å². The van der Waals surface area contributed by atoms with Gasteiger partial charge in [0.25, 0.3) is 0 Å². The molecule has 0 atom stereocenters. The predicted octanol–water partition coefficient (Wildman–Crippen LogP) is 1.80. The Morgan fingerprint density at radius 1 is 0.972 bits per heavy atom. The summed E-state index contributed by atoms with van der Waals surface area (Å²) in [6.07, 6.45) is 6.38. The highest BCUT2D eigenvalue weighted by Gasteiger charge is 2.23. The molecule has 0 aliphatic carbocycles. The number of nitrogens with two attached hydrogens (primary N) is 1. The largest absolute Gasteiger partial charge is 0.368 e. The Morgan fingerprint density at radius 3 is 2.61 bits per heavy atom. The van der Waals surface area contributed by atoms with Gasteiger partial charge in [0.15, 0.2) is 17.3 Å². The number of nitriles is 1. The first-order valence-corrected chi connectivity index (χ1v) is 10.7. The Hall–Kier alpha value is -5.64. The number of pyridine rings is 1. The summed E-state index contributed by atoms with van der Waals surface area (Å²) in [6, 6.07) is 14.7. The fraction of sp³-hybridized carbons (Fsp3) is 0.0435. The lowest BCUT2D eigenvalue weighted by Crippen LogP contribution is -2.08. The normalized spacial score (nSPS) is 11.0. The van der Waals surface area contributed by atoms with Gasteiger partial charge in [-0.2, -0.15) is 9.78 Å². The number of nitrogen functional groups attached to an aromatic ring is 1. The number of fused-ring (bicyclic) bond motifs is 1. The molecule has 13 heteroatoms. The molecule has 1 aromatic carbocycles. The number of nitrogens with zero attached hydrogens (tertiary/aromatic N) is 12. The van der Waals surface area contributed by atoms with E-state index in [-0.39, 0.29) is 12.5 Å². The molecule has 0 unspecified atom stereocenters. The van der Waals surface area contributed by atoms with Crippen LogP contribution in [-0.2, 0) is 6.54 Å². The van der Waals surface area contributed by atoms with Crippen molar-refractivity contribution in [1.29, 1.82) is 5.26 Å². The summed E-state index contributed by atoms with van der Waals surface area (Å²) in [6.45, 7) is 0.180. The fourth-order valence-corrected chi connectivity index (χ4v) is 3.88. The highest BCUT2D eigenvalue weighted by atomic mass is 15.5. The lowest BCUT2D eigenvalue weighted by Gasteiger charge is -2.12. The zero-order chi connectivity index (χ0) is 24.5. The minimum Gasteiger partial charge on any atom is -0.368 e. The molecule has 0 spiro atoms. The lowest BCUT2D eigenvalue weighted by molar-refractivity contribution is 0.628. The third-order valence-electron chi connectivity index (χ3n) is 5.46. The molecular weight excluding hydrogens is 458 g/mol. The van der Waals surface area contributed by atoms with E-state index in [1.54, 1.807) is 47.5 Å². The van der Waals surface area contributed by atoms with Crippen LogP contribution in [0.1, 0.15) is 11.4 Å². The Balaban J connectivity index is 1.54. The van der Waals surface area contributed by atoms with Gasteiger partial charge in [0, 0.05) is 29.7 Å². The Kier molecular flexibility index (Phi) is 5.01. The second-order valence-electron chi connectivity index (χ2n) is 7.61. The van der Waals surface area contributed by atoms with Crippen molar-refractivity contribution in [2.24, 2.45) is 0 Å². The quantitative estimate of drug-likeness (QED) is 0.386. The average molecular weight is 473 g/mol. The Labute approximate surface area is 203 Å². The Bertz CT molecular complexity index is 1730. The minimum absolute atomic E-state index is 0.107. The summed E-state index contributed by atoms with van der Waals surface area (Å²) in [4.78, 5) is 21.8. The molecule has 0 aliphatic rings. The molecule has 172 valence electrons. The van der Waals surface area contributed by atoms with E-state index < -0.39 is 0 Å². The zero-order valence-corrected chi connectivity index (χ0v) is 18.5. The van der Waals surface area contributed by atoms with Crippen molar-refractivity contribution >= 4 is 11.6 Å². The summed E-state index contributed by atoms with van der Waals surface area (Å²) < 4.78 is 3.03. The van der Waals surface area contributed by atoms with E-state index in [1.807, 2.05) is 18.2 Å². The average Bonchev–Trinajstić information content (AvgIpc) is 3.57. The van der Waals surface area contributed by atoms with Gasteiger partial charge in [0.2, 0.25) is 5.95 Å². The highest BCUT2D eigenvalue weighted by Crippen LogP contribution is 2.35. The topological polar surface area (TPSA) is 175 Å². The predicted molar refractivity (Wildman–Crippen MR) is 127 cm³/mol. The second-order valence-corrected chi connectivity index (χ2v) is 7.61. The smallest absolute Gasteiger partial charge is 0.223 e. The van der Waals surface area contributed by atoms with Crippen molar-refractivity contribution < 1.29 is 0 Å². The van der Waals surface area contributed by atoms with E-state index in [4.69, 9.17) is 10.7 Å². The van der Waals surface area contributed by atoms with Gasteiger partial charge in [0.05, 0.1) is 28.6 Å². The van der Waals surface area contributed by atoms with E-state index in [0.29, 0.717) is 45.4 Å². The molecule has 5 aromatic heterocycles. The minimum atomic E-state index is 0.107. The molecule has 0 saturated heterocycles. The van der Waals surface area contributed by atoms with Crippen molar-refractivity contribution in [3.8, 4) is 40.0 Å². The number of tetrazole rings is 1. The van der Waals surface area contributed by atoms with Crippen LogP contribution in [0.2, 0.25) is 0 Å². The van der Waals surface area contributed by atoms with Crippen LogP contribution in [0.5, 0.6) is 0 Å². The molecule has 0 saturated carbocycles. The summed E-state index contributed by atoms with van der Waals surface area (Å²) >= 11 is 0.